The van der Waals surface area contributed by atoms with Crippen molar-refractivity contribution in [1.82, 2.24) is 10.3 Å². The van der Waals surface area contributed by atoms with E-state index in [1.165, 1.54) is 6.07 Å². The molecule has 0 aliphatic carbocycles. The van der Waals surface area contributed by atoms with Crippen LogP contribution in [0, 0.1) is 17.0 Å². The standard InChI is InChI=1S/C15H20N4O2/c1-10(2)16-6-7-17-14-4-5-15(19(20)21)13-9-18-11(3)8-12(13)14/h4-5,8-10,16-17H,6-7H2,1-3H3. The summed E-state index contributed by atoms with van der Waals surface area (Å²) in [7, 11) is 0. The minimum atomic E-state index is -0.372. The Kier molecular flexibility index (Phi) is 4.70. The average Bonchev–Trinajstić information content (AvgIpc) is 2.42. The van der Waals surface area contributed by atoms with E-state index in [1.807, 2.05) is 13.0 Å². The Balaban J connectivity index is 2.29. The minimum absolute atomic E-state index is 0.0864. The fourth-order valence-corrected chi connectivity index (χ4v) is 2.20. The van der Waals surface area contributed by atoms with E-state index in [0.717, 1.165) is 29.9 Å². The molecule has 6 nitrogen and oxygen atoms in total. The highest BCUT2D eigenvalue weighted by Gasteiger charge is 2.14. The first-order valence-corrected chi connectivity index (χ1v) is 7.00. The highest BCUT2D eigenvalue weighted by atomic mass is 16.6. The van der Waals surface area contributed by atoms with E-state index >= 15 is 0 Å². The maximum Gasteiger partial charge on any atom is 0.278 e. The van der Waals surface area contributed by atoms with Gasteiger partial charge in [-0.3, -0.25) is 15.1 Å². The zero-order chi connectivity index (χ0) is 15.4. The van der Waals surface area contributed by atoms with Gasteiger partial charge in [0.1, 0.15) is 0 Å². The van der Waals surface area contributed by atoms with Crippen LogP contribution in [0.25, 0.3) is 10.8 Å². The molecular formula is C15H20N4O2. The number of pyridine rings is 1. The van der Waals surface area contributed by atoms with E-state index in [1.54, 1.807) is 12.3 Å². The van der Waals surface area contributed by atoms with E-state index in [-0.39, 0.29) is 10.6 Å². The third-order valence-electron chi connectivity index (χ3n) is 3.20. The van der Waals surface area contributed by atoms with Crippen LogP contribution in [0.1, 0.15) is 19.5 Å². The van der Waals surface area contributed by atoms with Crippen molar-refractivity contribution in [3.05, 3.63) is 40.2 Å². The van der Waals surface area contributed by atoms with Gasteiger partial charge in [-0.05, 0) is 19.1 Å². The van der Waals surface area contributed by atoms with Gasteiger partial charge in [0.15, 0.2) is 0 Å². The van der Waals surface area contributed by atoms with Crippen molar-refractivity contribution >= 4 is 22.1 Å². The van der Waals surface area contributed by atoms with Gasteiger partial charge in [-0.15, -0.1) is 0 Å². The van der Waals surface area contributed by atoms with Gasteiger partial charge in [0.05, 0.1) is 10.3 Å². The minimum Gasteiger partial charge on any atom is -0.383 e. The number of anilines is 1. The topological polar surface area (TPSA) is 80.1 Å². The van der Waals surface area contributed by atoms with Gasteiger partial charge in [-0.1, -0.05) is 13.8 Å². The molecule has 0 fully saturated rings. The van der Waals surface area contributed by atoms with Crippen molar-refractivity contribution in [2.45, 2.75) is 26.8 Å². The molecule has 21 heavy (non-hydrogen) atoms. The zero-order valence-electron chi connectivity index (χ0n) is 12.5. The highest BCUT2D eigenvalue weighted by Crippen LogP contribution is 2.31. The smallest absolute Gasteiger partial charge is 0.278 e. The molecule has 0 bridgehead atoms. The number of aryl methyl sites for hydroxylation is 1. The number of nitro groups is 1. The fraction of sp³-hybridized carbons (Fsp3) is 0.400. The Labute approximate surface area is 123 Å². The SMILES string of the molecule is Cc1cc2c(NCCNC(C)C)ccc([N+](=O)[O-])c2cn1. The molecule has 1 heterocycles. The molecule has 2 rings (SSSR count). The van der Waals surface area contributed by atoms with Crippen molar-refractivity contribution in [3.8, 4) is 0 Å². The number of non-ortho nitro benzene ring substituents is 1. The molecule has 112 valence electrons. The zero-order valence-corrected chi connectivity index (χ0v) is 12.5. The van der Waals surface area contributed by atoms with Crippen LogP contribution in [0.4, 0.5) is 11.4 Å². The van der Waals surface area contributed by atoms with Crippen LogP contribution in [-0.2, 0) is 0 Å². The van der Waals surface area contributed by atoms with Gasteiger partial charge in [0.25, 0.3) is 5.69 Å². The second-order valence-corrected chi connectivity index (χ2v) is 5.30. The second kappa shape index (κ2) is 6.49. The lowest BCUT2D eigenvalue weighted by molar-refractivity contribution is -0.383. The Morgan fingerprint density at radius 2 is 2.05 bits per heavy atom. The van der Waals surface area contributed by atoms with Crippen molar-refractivity contribution in [2.75, 3.05) is 18.4 Å². The summed E-state index contributed by atoms with van der Waals surface area (Å²) in [5.74, 6) is 0. The van der Waals surface area contributed by atoms with Crippen molar-refractivity contribution < 1.29 is 4.92 Å². The Morgan fingerprint density at radius 1 is 1.29 bits per heavy atom. The van der Waals surface area contributed by atoms with Crippen molar-refractivity contribution in [2.24, 2.45) is 0 Å². The summed E-state index contributed by atoms with van der Waals surface area (Å²) < 4.78 is 0. The molecule has 0 radical (unpaired) electrons. The molecule has 0 atom stereocenters. The normalized spacial score (nSPS) is 11.0. The van der Waals surface area contributed by atoms with Gasteiger partial charge >= 0.3 is 0 Å². The summed E-state index contributed by atoms with van der Waals surface area (Å²) in [6.45, 7) is 7.65. The van der Waals surface area contributed by atoms with E-state index in [2.05, 4.69) is 29.5 Å². The largest absolute Gasteiger partial charge is 0.383 e. The number of nitrogens with zero attached hydrogens (tertiary/aromatic N) is 2. The summed E-state index contributed by atoms with van der Waals surface area (Å²) >= 11 is 0. The maximum atomic E-state index is 11.1. The molecule has 0 saturated carbocycles. The quantitative estimate of drug-likeness (QED) is 0.485. The number of rotatable bonds is 6. The third kappa shape index (κ3) is 3.66. The van der Waals surface area contributed by atoms with Crippen LogP contribution in [0.3, 0.4) is 0 Å². The first-order valence-electron chi connectivity index (χ1n) is 7.00. The molecule has 6 heteroatoms. The molecule has 0 spiro atoms. The third-order valence-corrected chi connectivity index (χ3v) is 3.20. The lowest BCUT2D eigenvalue weighted by atomic mass is 10.1. The highest BCUT2D eigenvalue weighted by molar-refractivity contribution is 5.99. The molecule has 0 amide bonds. The summed E-state index contributed by atoms with van der Waals surface area (Å²) in [5.41, 5.74) is 1.82. The van der Waals surface area contributed by atoms with E-state index in [4.69, 9.17) is 0 Å². The lowest BCUT2D eigenvalue weighted by Gasteiger charge is -2.12. The van der Waals surface area contributed by atoms with E-state index in [0.29, 0.717) is 11.4 Å². The summed E-state index contributed by atoms with van der Waals surface area (Å²) in [5, 5.41) is 19.1. The summed E-state index contributed by atoms with van der Waals surface area (Å²) in [6.07, 6.45) is 1.57. The summed E-state index contributed by atoms with van der Waals surface area (Å²) in [4.78, 5) is 14.9. The predicted octanol–water partition coefficient (Wildman–Crippen LogP) is 2.86. The molecule has 0 saturated heterocycles. The van der Waals surface area contributed by atoms with Crippen molar-refractivity contribution in [3.63, 3.8) is 0 Å². The van der Waals surface area contributed by atoms with Gasteiger partial charge in [0, 0.05) is 48.2 Å². The molecule has 2 N–H and O–H groups in total. The van der Waals surface area contributed by atoms with Gasteiger partial charge in [-0.25, -0.2) is 0 Å². The number of nitro benzene ring substituents is 1. The molecular weight excluding hydrogens is 268 g/mol. The molecule has 0 aliphatic heterocycles. The molecule has 0 unspecified atom stereocenters. The molecule has 2 aromatic rings. The van der Waals surface area contributed by atoms with Crippen LogP contribution in [0.2, 0.25) is 0 Å². The van der Waals surface area contributed by atoms with Crippen LogP contribution < -0.4 is 10.6 Å². The summed E-state index contributed by atoms with van der Waals surface area (Å²) in [6, 6.07) is 5.60. The number of hydrogen-bond donors (Lipinski definition) is 2. The van der Waals surface area contributed by atoms with Gasteiger partial charge in [-0.2, -0.15) is 0 Å². The number of hydrogen-bond acceptors (Lipinski definition) is 5. The van der Waals surface area contributed by atoms with Crippen LogP contribution in [-0.4, -0.2) is 29.0 Å². The Bertz CT molecular complexity index is 655. The first kappa shape index (κ1) is 15.2. The average molecular weight is 288 g/mol. The molecule has 1 aromatic carbocycles. The van der Waals surface area contributed by atoms with Gasteiger partial charge < -0.3 is 10.6 Å². The predicted molar refractivity (Wildman–Crippen MR) is 84.8 cm³/mol. The monoisotopic (exact) mass is 288 g/mol. The lowest BCUT2D eigenvalue weighted by Crippen LogP contribution is -2.28. The number of fused-ring (bicyclic) bond motifs is 1. The number of nitrogens with one attached hydrogen (secondary N) is 2. The number of aromatic nitrogens is 1. The molecule has 0 aliphatic rings. The van der Waals surface area contributed by atoms with Gasteiger partial charge in [0.2, 0.25) is 0 Å². The van der Waals surface area contributed by atoms with E-state index in [9.17, 15) is 10.1 Å². The molecule has 1 aromatic heterocycles. The Hall–Kier alpha value is -2.21. The van der Waals surface area contributed by atoms with Crippen LogP contribution >= 0.6 is 0 Å². The van der Waals surface area contributed by atoms with Crippen LogP contribution in [0.5, 0.6) is 0 Å². The maximum absolute atomic E-state index is 11.1. The number of benzene rings is 1. The second-order valence-electron chi connectivity index (χ2n) is 5.30. The Morgan fingerprint density at radius 3 is 2.71 bits per heavy atom. The van der Waals surface area contributed by atoms with Crippen molar-refractivity contribution in [1.29, 1.82) is 0 Å². The van der Waals surface area contributed by atoms with Crippen LogP contribution in [0.15, 0.2) is 24.4 Å². The fourth-order valence-electron chi connectivity index (χ4n) is 2.20. The van der Waals surface area contributed by atoms with E-state index < -0.39 is 0 Å². The first-order chi connectivity index (χ1) is 9.99.